The van der Waals surface area contributed by atoms with Crippen molar-refractivity contribution in [2.24, 2.45) is 5.73 Å². The quantitative estimate of drug-likeness (QED) is 0.460. The fourth-order valence-corrected chi connectivity index (χ4v) is 4.03. The van der Waals surface area contributed by atoms with E-state index in [0.717, 1.165) is 21.9 Å². The Kier molecular flexibility index (Phi) is 5.54. The van der Waals surface area contributed by atoms with Gasteiger partial charge in [0.1, 0.15) is 0 Å². The fourth-order valence-electron chi connectivity index (χ4n) is 3.08. The predicted octanol–water partition coefficient (Wildman–Crippen LogP) is 4.24. The van der Waals surface area contributed by atoms with E-state index in [0.29, 0.717) is 11.3 Å². The van der Waals surface area contributed by atoms with Crippen molar-refractivity contribution in [1.82, 2.24) is 9.55 Å². The Morgan fingerprint density at radius 1 is 0.967 bits per heavy atom. The smallest absolute Gasteiger partial charge is 0.248 e. The molecule has 1 unspecified atom stereocenters. The summed E-state index contributed by atoms with van der Waals surface area (Å²) in [5.41, 5.74) is 9.11. The van der Waals surface area contributed by atoms with Gasteiger partial charge in [-0.1, -0.05) is 42.1 Å². The molecule has 2 amide bonds. The first kappa shape index (κ1) is 19.7. The second kappa shape index (κ2) is 8.42. The largest absolute Gasteiger partial charge is 0.366 e. The summed E-state index contributed by atoms with van der Waals surface area (Å²) in [5.74, 6) is -0.657. The summed E-state index contributed by atoms with van der Waals surface area (Å²) in [6, 6.07) is 24.4. The molecule has 0 saturated heterocycles. The Hall–Kier alpha value is -3.58. The van der Waals surface area contributed by atoms with Crippen LogP contribution in [0.1, 0.15) is 17.3 Å². The lowest BCUT2D eigenvalue weighted by atomic mass is 10.2. The van der Waals surface area contributed by atoms with Crippen molar-refractivity contribution in [3.8, 4) is 5.69 Å². The van der Waals surface area contributed by atoms with Crippen LogP contribution in [0.5, 0.6) is 0 Å². The van der Waals surface area contributed by atoms with E-state index in [4.69, 9.17) is 10.7 Å². The maximum Gasteiger partial charge on any atom is 0.248 e. The molecule has 4 aromatic rings. The highest BCUT2D eigenvalue weighted by Crippen LogP contribution is 2.30. The van der Waals surface area contributed by atoms with Gasteiger partial charge in [-0.25, -0.2) is 4.98 Å². The summed E-state index contributed by atoms with van der Waals surface area (Å²) >= 11 is 1.39. The number of anilines is 1. The van der Waals surface area contributed by atoms with E-state index in [1.54, 1.807) is 24.3 Å². The van der Waals surface area contributed by atoms with E-state index in [1.807, 2.05) is 61.5 Å². The van der Waals surface area contributed by atoms with Crippen LogP contribution in [0, 0.1) is 0 Å². The average Bonchev–Trinajstić information content (AvgIpc) is 3.12. The van der Waals surface area contributed by atoms with E-state index in [-0.39, 0.29) is 11.2 Å². The molecule has 0 saturated carbocycles. The lowest BCUT2D eigenvalue weighted by Gasteiger charge is -2.14. The minimum absolute atomic E-state index is 0.154. The van der Waals surface area contributed by atoms with Gasteiger partial charge in [0.25, 0.3) is 0 Å². The number of thioether (sulfide) groups is 1. The van der Waals surface area contributed by atoms with Crippen LogP contribution in [0.4, 0.5) is 5.69 Å². The minimum Gasteiger partial charge on any atom is -0.366 e. The highest BCUT2D eigenvalue weighted by Gasteiger charge is 2.20. The van der Waals surface area contributed by atoms with Crippen molar-refractivity contribution in [2.75, 3.05) is 5.32 Å². The minimum atomic E-state index is -0.503. The van der Waals surface area contributed by atoms with Gasteiger partial charge in [0.05, 0.1) is 16.3 Å². The van der Waals surface area contributed by atoms with Crippen LogP contribution >= 0.6 is 11.8 Å². The highest BCUT2D eigenvalue weighted by molar-refractivity contribution is 8.00. The Bertz CT molecular complexity index is 1200. The molecule has 1 atom stereocenters. The van der Waals surface area contributed by atoms with Gasteiger partial charge in [-0.3, -0.25) is 14.2 Å². The van der Waals surface area contributed by atoms with Crippen LogP contribution < -0.4 is 11.1 Å². The number of hydrogen-bond donors (Lipinski definition) is 2. The molecule has 7 heteroatoms. The normalized spacial score (nSPS) is 11.9. The van der Waals surface area contributed by atoms with Gasteiger partial charge in [-0.15, -0.1) is 0 Å². The first-order valence-corrected chi connectivity index (χ1v) is 10.3. The zero-order valence-electron chi connectivity index (χ0n) is 16.3. The topological polar surface area (TPSA) is 90.0 Å². The summed E-state index contributed by atoms with van der Waals surface area (Å²) in [6.45, 7) is 1.84. The number of carbonyl (C=O) groups excluding carboxylic acids is 2. The van der Waals surface area contributed by atoms with Crippen molar-refractivity contribution in [2.45, 2.75) is 17.3 Å². The maximum absolute atomic E-state index is 12.7. The number of amides is 2. The number of fused-ring (bicyclic) bond motifs is 1. The number of rotatable bonds is 6. The number of imidazole rings is 1. The van der Waals surface area contributed by atoms with E-state index in [2.05, 4.69) is 9.88 Å². The summed E-state index contributed by atoms with van der Waals surface area (Å²) in [4.78, 5) is 28.7. The van der Waals surface area contributed by atoms with Crippen molar-refractivity contribution in [3.63, 3.8) is 0 Å². The molecule has 0 aliphatic rings. The zero-order chi connectivity index (χ0) is 21.1. The number of para-hydroxylation sites is 3. The molecule has 3 N–H and O–H groups in total. The molecule has 150 valence electrons. The zero-order valence-corrected chi connectivity index (χ0v) is 17.1. The molecule has 0 radical (unpaired) electrons. The van der Waals surface area contributed by atoms with Gasteiger partial charge in [0.2, 0.25) is 11.8 Å². The molecular weight excluding hydrogens is 396 g/mol. The first-order valence-electron chi connectivity index (χ1n) is 9.43. The van der Waals surface area contributed by atoms with Crippen molar-refractivity contribution >= 4 is 40.3 Å². The van der Waals surface area contributed by atoms with Gasteiger partial charge in [-0.05, 0) is 55.5 Å². The van der Waals surface area contributed by atoms with E-state index < -0.39 is 5.91 Å². The van der Waals surface area contributed by atoms with Crippen molar-refractivity contribution < 1.29 is 9.59 Å². The molecule has 30 heavy (non-hydrogen) atoms. The van der Waals surface area contributed by atoms with Crippen LogP contribution in [0.2, 0.25) is 0 Å². The van der Waals surface area contributed by atoms with Gasteiger partial charge in [0, 0.05) is 16.9 Å². The molecule has 6 nitrogen and oxygen atoms in total. The van der Waals surface area contributed by atoms with Crippen molar-refractivity contribution in [3.05, 3.63) is 84.4 Å². The van der Waals surface area contributed by atoms with E-state index >= 15 is 0 Å². The van der Waals surface area contributed by atoms with Crippen LogP contribution in [0.15, 0.2) is 84.0 Å². The number of nitrogens with zero attached hydrogens (tertiary/aromatic N) is 2. The molecule has 0 aliphatic carbocycles. The third-order valence-corrected chi connectivity index (χ3v) is 5.69. The fraction of sp³-hybridized carbons (Fsp3) is 0.0870. The number of carbonyl (C=O) groups is 2. The summed E-state index contributed by atoms with van der Waals surface area (Å²) in [6.07, 6.45) is 0. The number of aromatic nitrogens is 2. The molecule has 1 heterocycles. The van der Waals surface area contributed by atoms with E-state index in [1.165, 1.54) is 11.8 Å². The third-order valence-electron chi connectivity index (χ3n) is 4.63. The lowest BCUT2D eigenvalue weighted by molar-refractivity contribution is -0.115. The summed E-state index contributed by atoms with van der Waals surface area (Å²) < 4.78 is 2.06. The molecule has 0 aliphatic heterocycles. The van der Waals surface area contributed by atoms with Crippen LogP contribution in [-0.4, -0.2) is 26.6 Å². The van der Waals surface area contributed by atoms with Gasteiger partial charge < -0.3 is 11.1 Å². The Balaban J connectivity index is 1.57. The predicted molar refractivity (Wildman–Crippen MR) is 120 cm³/mol. The Morgan fingerprint density at radius 3 is 2.33 bits per heavy atom. The molecular formula is C23H20N4O2S. The van der Waals surface area contributed by atoms with Crippen LogP contribution in [0.3, 0.4) is 0 Å². The lowest BCUT2D eigenvalue weighted by Crippen LogP contribution is -2.23. The Morgan fingerprint density at radius 2 is 1.63 bits per heavy atom. The van der Waals surface area contributed by atoms with Crippen LogP contribution in [-0.2, 0) is 4.79 Å². The maximum atomic E-state index is 12.7. The van der Waals surface area contributed by atoms with Gasteiger partial charge >= 0.3 is 0 Å². The molecule has 0 fully saturated rings. The third kappa shape index (κ3) is 4.06. The number of nitrogens with two attached hydrogens (primary N) is 1. The molecule has 0 spiro atoms. The Labute approximate surface area is 178 Å². The molecule has 1 aromatic heterocycles. The van der Waals surface area contributed by atoms with Crippen molar-refractivity contribution in [1.29, 1.82) is 0 Å². The summed E-state index contributed by atoms with van der Waals surface area (Å²) in [7, 11) is 0. The SMILES string of the molecule is CC(Sc1nc2ccccc2n1-c1ccccc1)C(=O)Nc1ccc(C(N)=O)cc1. The summed E-state index contributed by atoms with van der Waals surface area (Å²) in [5, 5.41) is 3.23. The number of nitrogens with one attached hydrogen (secondary N) is 1. The van der Waals surface area contributed by atoms with Crippen LogP contribution in [0.25, 0.3) is 16.7 Å². The number of primary amides is 1. The molecule has 4 rings (SSSR count). The second-order valence-corrected chi connectivity index (χ2v) is 8.05. The number of hydrogen-bond acceptors (Lipinski definition) is 4. The molecule has 3 aromatic carbocycles. The number of benzene rings is 3. The monoisotopic (exact) mass is 416 g/mol. The first-order chi connectivity index (χ1) is 14.5. The second-order valence-electron chi connectivity index (χ2n) is 6.74. The highest BCUT2D eigenvalue weighted by atomic mass is 32.2. The van der Waals surface area contributed by atoms with Gasteiger partial charge in [-0.2, -0.15) is 0 Å². The van der Waals surface area contributed by atoms with Gasteiger partial charge in [0.15, 0.2) is 5.16 Å². The molecule has 0 bridgehead atoms. The van der Waals surface area contributed by atoms with E-state index in [9.17, 15) is 9.59 Å². The standard InChI is InChI=1S/C23H20N4O2S/c1-15(22(29)25-17-13-11-16(12-14-17)21(24)28)30-23-26-19-9-5-6-10-20(19)27(23)18-7-3-2-4-8-18/h2-15H,1H3,(H2,24,28)(H,25,29). The average molecular weight is 417 g/mol.